The number of ketones is 3. The number of Topliss-reactive ketones (excluding diaryl/α,β-unsaturated/α-hetero) is 3. The Morgan fingerprint density at radius 2 is 1.82 bits per heavy atom. The number of hydrogen-bond donors (Lipinski definition) is 1. The van der Waals surface area contributed by atoms with Crippen molar-refractivity contribution in [1.82, 2.24) is 14.9 Å². The predicted molar refractivity (Wildman–Crippen MR) is 127 cm³/mol. The number of fused-ring (bicyclic) bond motifs is 1. The molecule has 0 spiro atoms. The van der Waals surface area contributed by atoms with Crippen molar-refractivity contribution in [3.63, 3.8) is 0 Å². The number of allylic oxidation sites excluding steroid dienone is 1. The Labute approximate surface area is 198 Å². The molecule has 4 rings (SSSR count). The molecule has 0 saturated carbocycles. The molecule has 1 aliphatic carbocycles. The maximum Gasteiger partial charge on any atom is 0.200 e. The highest BCUT2D eigenvalue weighted by atomic mass is 19.1. The fraction of sp³-hybridized carbons (Fsp3) is 0.423. The highest BCUT2D eigenvalue weighted by molar-refractivity contribution is 6.25. The van der Waals surface area contributed by atoms with Crippen molar-refractivity contribution < 1.29 is 18.8 Å². The van der Waals surface area contributed by atoms with Gasteiger partial charge in [-0.25, -0.2) is 14.4 Å². The summed E-state index contributed by atoms with van der Waals surface area (Å²) >= 11 is 0. The molecule has 2 aliphatic rings. The lowest BCUT2D eigenvalue weighted by atomic mass is 9.87. The van der Waals surface area contributed by atoms with E-state index in [1.165, 1.54) is 49.9 Å². The average Bonchev–Trinajstić information content (AvgIpc) is 2.84. The fourth-order valence-electron chi connectivity index (χ4n) is 4.56. The van der Waals surface area contributed by atoms with Crippen LogP contribution in [0, 0.1) is 5.82 Å². The summed E-state index contributed by atoms with van der Waals surface area (Å²) < 4.78 is 13.9. The molecule has 1 N–H and O–H groups in total. The number of carbonyl (C=O) groups is 3. The van der Waals surface area contributed by atoms with Crippen molar-refractivity contribution in [2.75, 3.05) is 32.0 Å². The summed E-state index contributed by atoms with van der Waals surface area (Å²) in [6.45, 7) is 3.11. The number of rotatable bonds is 9. The number of halogens is 1. The van der Waals surface area contributed by atoms with Gasteiger partial charge in [0.25, 0.3) is 0 Å². The third-order valence-corrected chi connectivity index (χ3v) is 6.40. The van der Waals surface area contributed by atoms with E-state index < -0.39 is 5.82 Å². The second-order valence-corrected chi connectivity index (χ2v) is 8.87. The van der Waals surface area contributed by atoms with E-state index in [9.17, 15) is 18.8 Å². The molecule has 34 heavy (non-hydrogen) atoms. The van der Waals surface area contributed by atoms with Gasteiger partial charge in [-0.3, -0.25) is 14.4 Å². The van der Waals surface area contributed by atoms with E-state index in [0.717, 1.165) is 26.1 Å². The first kappa shape index (κ1) is 23.9. The minimum atomic E-state index is -0.440. The smallest absolute Gasteiger partial charge is 0.200 e. The molecule has 7 nitrogen and oxygen atoms in total. The maximum atomic E-state index is 13.9. The standard InChI is InChI=1S/C26H29FN4O3/c1-28-22-13-19(27)11-18-12-21(25(34)14-20(18)22)24(33)10-17-15-29-26(30-16-17)23(32)6-5-9-31-7-3-2-4-8-31/h11-13,15-16,28H,2-10,14H2,1H3. The first-order chi connectivity index (χ1) is 16.4. The molecule has 178 valence electrons. The van der Waals surface area contributed by atoms with Crippen LogP contribution in [0.2, 0.25) is 0 Å². The lowest BCUT2D eigenvalue weighted by molar-refractivity contribution is -0.120. The van der Waals surface area contributed by atoms with Crippen LogP contribution in [0.4, 0.5) is 10.1 Å². The van der Waals surface area contributed by atoms with E-state index in [2.05, 4.69) is 20.2 Å². The lowest BCUT2D eigenvalue weighted by Gasteiger charge is -2.26. The molecule has 0 radical (unpaired) electrons. The van der Waals surface area contributed by atoms with Gasteiger partial charge in [-0.2, -0.15) is 0 Å². The van der Waals surface area contributed by atoms with Crippen molar-refractivity contribution in [1.29, 1.82) is 0 Å². The number of nitrogens with zero attached hydrogens (tertiary/aromatic N) is 3. The predicted octanol–water partition coefficient (Wildman–Crippen LogP) is 3.43. The van der Waals surface area contributed by atoms with Crippen LogP contribution in [-0.2, 0) is 22.4 Å². The molecule has 2 heterocycles. The summed E-state index contributed by atoms with van der Waals surface area (Å²) in [5, 5.41) is 2.89. The molecule has 8 heteroatoms. The number of carbonyl (C=O) groups excluding carboxylic acids is 3. The molecule has 0 amide bonds. The van der Waals surface area contributed by atoms with Gasteiger partial charge in [0.2, 0.25) is 0 Å². The Bertz CT molecular complexity index is 1120. The quantitative estimate of drug-likeness (QED) is 0.449. The molecule has 1 aromatic heterocycles. The molecule has 0 atom stereocenters. The Morgan fingerprint density at radius 3 is 2.53 bits per heavy atom. The Morgan fingerprint density at radius 1 is 1.09 bits per heavy atom. The third kappa shape index (κ3) is 5.62. The second-order valence-electron chi connectivity index (χ2n) is 8.87. The summed E-state index contributed by atoms with van der Waals surface area (Å²) in [6, 6.07) is 2.66. The van der Waals surface area contributed by atoms with Crippen molar-refractivity contribution in [3.05, 3.63) is 58.4 Å². The molecule has 0 unspecified atom stereocenters. The van der Waals surface area contributed by atoms with E-state index in [1.54, 1.807) is 7.05 Å². The van der Waals surface area contributed by atoms with Gasteiger partial charge >= 0.3 is 0 Å². The molecular formula is C26H29FN4O3. The minimum Gasteiger partial charge on any atom is -0.388 e. The van der Waals surface area contributed by atoms with Crippen LogP contribution in [0.25, 0.3) is 6.08 Å². The van der Waals surface area contributed by atoms with Crippen LogP contribution in [-0.4, -0.2) is 58.9 Å². The number of nitrogens with one attached hydrogen (secondary N) is 1. The van der Waals surface area contributed by atoms with Gasteiger partial charge in [0.05, 0.1) is 5.57 Å². The third-order valence-electron chi connectivity index (χ3n) is 6.40. The van der Waals surface area contributed by atoms with E-state index >= 15 is 0 Å². The van der Waals surface area contributed by atoms with Gasteiger partial charge in [0.15, 0.2) is 23.2 Å². The van der Waals surface area contributed by atoms with Gasteiger partial charge in [-0.05, 0) is 73.8 Å². The van der Waals surface area contributed by atoms with Crippen LogP contribution < -0.4 is 5.32 Å². The Hall–Kier alpha value is -3.26. The summed E-state index contributed by atoms with van der Waals surface area (Å²) in [7, 11) is 1.66. The SMILES string of the molecule is CNc1cc(F)cc2c1CC(=O)C(C(=O)Cc1cnc(C(=O)CCCN3CCCCC3)nc1)=C2. The summed E-state index contributed by atoms with van der Waals surface area (Å²) in [5.41, 5.74) is 2.30. The lowest BCUT2D eigenvalue weighted by Crippen LogP contribution is -2.30. The van der Waals surface area contributed by atoms with Crippen LogP contribution in [0.1, 0.15) is 59.4 Å². The molecule has 1 saturated heterocycles. The monoisotopic (exact) mass is 464 g/mol. The van der Waals surface area contributed by atoms with Crippen LogP contribution in [0.5, 0.6) is 0 Å². The zero-order valence-electron chi connectivity index (χ0n) is 19.4. The number of hydrogen-bond acceptors (Lipinski definition) is 7. The van der Waals surface area contributed by atoms with Gasteiger partial charge in [-0.1, -0.05) is 6.42 Å². The Kier molecular flexibility index (Phi) is 7.57. The van der Waals surface area contributed by atoms with Gasteiger partial charge in [-0.15, -0.1) is 0 Å². The van der Waals surface area contributed by atoms with Crippen LogP contribution in [0.3, 0.4) is 0 Å². The van der Waals surface area contributed by atoms with Crippen molar-refractivity contribution in [2.24, 2.45) is 0 Å². The van der Waals surface area contributed by atoms with E-state index in [0.29, 0.717) is 28.8 Å². The van der Waals surface area contributed by atoms with Crippen molar-refractivity contribution in [3.8, 4) is 0 Å². The molecule has 1 aliphatic heterocycles. The largest absolute Gasteiger partial charge is 0.388 e. The number of likely N-dealkylation sites (tertiary alicyclic amines) is 1. The molecule has 1 aromatic carbocycles. The number of aromatic nitrogens is 2. The summed E-state index contributed by atoms with van der Waals surface area (Å²) in [4.78, 5) is 48.5. The van der Waals surface area contributed by atoms with Gasteiger partial charge in [0.1, 0.15) is 5.82 Å². The first-order valence-electron chi connectivity index (χ1n) is 11.8. The zero-order chi connectivity index (χ0) is 24.1. The minimum absolute atomic E-state index is 0.0325. The molecule has 2 aromatic rings. The normalized spacial score (nSPS) is 16.1. The van der Waals surface area contributed by atoms with E-state index in [1.807, 2.05) is 0 Å². The van der Waals surface area contributed by atoms with E-state index in [4.69, 9.17) is 0 Å². The van der Waals surface area contributed by atoms with Crippen LogP contribution >= 0.6 is 0 Å². The summed E-state index contributed by atoms with van der Waals surface area (Å²) in [5.74, 6) is -1.09. The van der Waals surface area contributed by atoms with Gasteiger partial charge in [0, 0.05) is 44.4 Å². The summed E-state index contributed by atoms with van der Waals surface area (Å²) in [6.07, 6.45) is 9.24. The zero-order valence-corrected chi connectivity index (χ0v) is 19.4. The molecule has 0 bridgehead atoms. The number of benzene rings is 1. The number of anilines is 1. The topological polar surface area (TPSA) is 92.3 Å². The number of piperidine rings is 1. The van der Waals surface area contributed by atoms with Gasteiger partial charge < -0.3 is 10.2 Å². The molecule has 1 fully saturated rings. The second kappa shape index (κ2) is 10.8. The molecular weight excluding hydrogens is 435 g/mol. The highest BCUT2D eigenvalue weighted by Gasteiger charge is 2.26. The fourth-order valence-corrected chi connectivity index (χ4v) is 4.56. The first-order valence-corrected chi connectivity index (χ1v) is 11.8. The highest BCUT2D eigenvalue weighted by Crippen LogP contribution is 2.30. The maximum absolute atomic E-state index is 13.9. The van der Waals surface area contributed by atoms with Crippen LogP contribution in [0.15, 0.2) is 30.1 Å². The average molecular weight is 465 g/mol. The van der Waals surface area contributed by atoms with Crippen molar-refractivity contribution >= 4 is 29.1 Å². The Balaban J connectivity index is 1.36. The van der Waals surface area contributed by atoms with Crippen molar-refractivity contribution in [2.45, 2.75) is 44.9 Å². The van der Waals surface area contributed by atoms with E-state index in [-0.39, 0.29) is 41.6 Å².